The van der Waals surface area contributed by atoms with Crippen molar-refractivity contribution < 1.29 is 4.79 Å². The van der Waals surface area contributed by atoms with E-state index in [-0.39, 0.29) is 0 Å². The van der Waals surface area contributed by atoms with Crippen molar-refractivity contribution in [3.8, 4) is 6.07 Å². The number of hydrogen-bond acceptors (Lipinski definition) is 2. The van der Waals surface area contributed by atoms with Gasteiger partial charge < -0.3 is 4.90 Å². The summed E-state index contributed by atoms with van der Waals surface area (Å²) in [6.45, 7) is 1.54. The number of nitriles is 1. The lowest BCUT2D eigenvalue weighted by Crippen LogP contribution is -2.41. The number of alkyl halides is 3. The molecule has 1 amide bonds. The van der Waals surface area contributed by atoms with Crippen LogP contribution in [0.15, 0.2) is 0 Å². The molecule has 0 fully saturated rings. The van der Waals surface area contributed by atoms with Gasteiger partial charge in [0.1, 0.15) is 6.04 Å². The molecule has 0 aliphatic carbocycles. The molecular weight excluding hydrogens is 222 g/mol. The molecule has 6 heteroatoms. The largest absolute Gasteiger partial charge is 0.326 e. The minimum Gasteiger partial charge on any atom is -0.326 e. The molecule has 12 heavy (non-hydrogen) atoms. The first-order chi connectivity index (χ1) is 5.30. The lowest BCUT2D eigenvalue weighted by Gasteiger charge is -2.22. The Balaban J connectivity index is 4.43. The Bertz CT molecular complexity index is 218. The molecule has 0 saturated heterocycles. The third kappa shape index (κ3) is 3.06. The molecule has 1 atom stereocenters. The van der Waals surface area contributed by atoms with Gasteiger partial charge in [-0.1, -0.05) is 34.8 Å². The maximum absolute atomic E-state index is 11.1. The summed E-state index contributed by atoms with van der Waals surface area (Å²) in [6.07, 6.45) is 0. The summed E-state index contributed by atoms with van der Waals surface area (Å²) in [5.74, 6) is -0.707. The van der Waals surface area contributed by atoms with Gasteiger partial charge in [-0.05, 0) is 6.92 Å². The van der Waals surface area contributed by atoms with Gasteiger partial charge in [-0.25, -0.2) is 0 Å². The van der Waals surface area contributed by atoms with Crippen molar-refractivity contribution in [1.82, 2.24) is 4.90 Å². The number of rotatable bonds is 1. The summed E-state index contributed by atoms with van der Waals surface area (Å²) in [5, 5.41) is 8.45. The number of hydrogen-bond donors (Lipinski definition) is 0. The molecule has 0 aromatic heterocycles. The van der Waals surface area contributed by atoms with Crippen LogP contribution in [0.1, 0.15) is 6.92 Å². The topological polar surface area (TPSA) is 44.1 Å². The number of amides is 1. The maximum Gasteiger partial charge on any atom is 0.275 e. The van der Waals surface area contributed by atoms with Gasteiger partial charge >= 0.3 is 0 Å². The monoisotopic (exact) mass is 228 g/mol. The molecule has 0 bridgehead atoms. The lowest BCUT2D eigenvalue weighted by atomic mass is 10.3. The summed E-state index contributed by atoms with van der Waals surface area (Å²) < 4.78 is -1.99. The first-order valence-electron chi connectivity index (χ1n) is 3.04. The van der Waals surface area contributed by atoms with Crippen LogP contribution >= 0.6 is 34.8 Å². The molecule has 0 spiro atoms. The second kappa shape index (κ2) is 4.18. The SMILES string of the molecule is CC(C#N)N(C)C(=O)C(Cl)(Cl)Cl. The first kappa shape index (κ1) is 11.8. The highest BCUT2D eigenvalue weighted by Gasteiger charge is 2.35. The zero-order chi connectivity index (χ0) is 9.94. The summed E-state index contributed by atoms with van der Waals surface area (Å²) in [6, 6.07) is 1.24. The van der Waals surface area contributed by atoms with Gasteiger partial charge in [-0.3, -0.25) is 4.79 Å². The van der Waals surface area contributed by atoms with Crippen LogP contribution in [-0.4, -0.2) is 27.7 Å². The molecule has 3 nitrogen and oxygen atoms in total. The predicted molar refractivity (Wildman–Crippen MR) is 48.1 cm³/mol. The summed E-state index contributed by atoms with van der Waals surface area (Å²) in [5.41, 5.74) is 0. The van der Waals surface area contributed by atoms with Gasteiger partial charge in [0.25, 0.3) is 9.70 Å². The summed E-state index contributed by atoms with van der Waals surface area (Å²) in [4.78, 5) is 12.2. The van der Waals surface area contributed by atoms with Crippen LogP contribution in [0.25, 0.3) is 0 Å². The molecule has 0 aliphatic rings. The Morgan fingerprint density at radius 2 is 2.00 bits per heavy atom. The normalized spacial score (nSPS) is 13.3. The maximum atomic E-state index is 11.1. The number of carbonyl (C=O) groups is 1. The van der Waals surface area contributed by atoms with Crippen molar-refractivity contribution in [3.63, 3.8) is 0 Å². The second-order valence-corrected chi connectivity index (χ2v) is 4.50. The Labute approximate surface area is 85.8 Å². The van der Waals surface area contributed by atoms with E-state index >= 15 is 0 Å². The third-order valence-electron chi connectivity index (χ3n) is 1.33. The van der Waals surface area contributed by atoms with E-state index in [0.717, 1.165) is 4.90 Å². The van der Waals surface area contributed by atoms with Crippen molar-refractivity contribution in [1.29, 1.82) is 5.26 Å². The van der Waals surface area contributed by atoms with E-state index in [2.05, 4.69) is 0 Å². The fourth-order valence-corrected chi connectivity index (χ4v) is 0.862. The van der Waals surface area contributed by atoms with Crippen LogP contribution in [-0.2, 0) is 4.79 Å². The van der Waals surface area contributed by atoms with E-state index in [4.69, 9.17) is 40.1 Å². The Morgan fingerprint density at radius 3 is 2.25 bits per heavy atom. The number of carbonyl (C=O) groups excluding carboxylic acids is 1. The average molecular weight is 229 g/mol. The molecule has 0 heterocycles. The summed E-state index contributed by atoms with van der Waals surface area (Å²) in [7, 11) is 1.40. The minimum atomic E-state index is -1.99. The Hall–Kier alpha value is -0.170. The highest BCUT2D eigenvalue weighted by Crippen LogP contribution is 2.28. The van der Waals surface area contributed by atoms with Crippen molar-refractivity contribution in [2.45, 2.75) is 16.8 Å². The van der Waals surface area contributed by atoms with E-state index < -0.39 is 15.7 Å². The van der Waals surface area contributed by atoms with Gasteiger partial charge in [-0.2, -0.15) is 5.26 Å². The third-order valence-corrected chi connectivity index (χ3v) is 1.82. The predicted octanol–water partition coefficient (Wildman–Crippen LogP) is 1.73. The Kier molecular flexibility index (Phi) is 4.12. The van der Waals surface area contributed by atoms with Gasteiger partial charge in [0.15, 0.2) is 0 Å². The molecule has 0 radical (unpaired) electrons. The van der Waals surface area contributed by atoms with Crippen LogP contribution in [0.4, 0.5) is 0 Å². The highest BCUT2D eigenvalue weighted by molar-refractivity contribution is 6.76. The molecule has 0 saturated carbocycles. The van der Waals surface area contributed by atoms with Crippen LogP contribution in [0.5, 0.6) is 0 Å². The second-order valence-electron chi connectivity index (χ2n) is 2.22. The van der Waals surface area contributed by atoms with Crippen molar-refractivity contribution in [2.24, 2.45) is 0 Å². The fourth-order valence-electron chi connectivity index (χ4n) is 0.462. The summed E-state index contributed by atoms with van der Waals surface area (Å²) >= 11 is 15.9. The molecule has 68 valence electrons. The van der Waals surface area contributed by atoms with E-state index in [0.29, 0.717) is 0 Å². The zero-order valence-corrected chi connectivity index (χ0v) is 8.78. The molecular formula is C6H7Cl3N2O. The van der Waals surface area contributed by atoms with E-state index in [1.807, 2.05) is 6.07 Å². The molecule has 0 aromatic carbocycles. The molecule has 0 N–H and O–H groups in total. The number of nitrogens with zero attached hydrogens (tertiary/aromatic N) is 2. The van der Waals surface area contributed by atoms with Crippen LogP contribution in [0.2, 0.25) is 0 Å². The van der Waals surface area contributed by atoms with E-state index in [9.17, 15) is 4.79 Å². The standard InChI is InChI=1S/C6H7Cl3N2O/c1-4(3-10)11(2)5(12)6(7,8)9/h4H,1-2H3. The first-order valence-corrected chi connectivity index (χ1v) is 4.17. The van der Waals surface area contributed by atoms with Gasteiger partial charge in [0.2, 0.25) is 0 Å². The zero-order valence-electron chi connectivity index (χ0n) is 6.51. The van der Waals surface area contributed by atoms with Crippen LogP contribution < -0.4 is 0 Å². The quantitative estimate of drug-likeness (QED) is 0.643. The van der Waals surface area contributed by atoms with Gasteiger partial charge in [0.05, 0.1) is 6.07 Å². The highest BCUT2D eigenvalue weighted by atomic mass is 35.6. The van der Waals surface area contributed by atoms with Gasteiger partial charge in [-0.15, -0.1) is 0 Å². The molecule has 0 aromatic rings. The Morgan fingerprint density at radius 1 is 1.58 bits per heavy atom. The van der Waals surface area contributed by atoms with Gasteiger partial charge in [0, 0.05) is 7.05 Å². The molecule has 0 aliphatic heterocycles. The smallest absolute Gasteiger partial charge is 0.275 e. The van der Waals surface area contributed by atoms with Crippen LogP contribution in [0.3, 0.4) is 0 Å². The fraction of sp³-hybridized carbons (Fsp3) is 0.667. The van der Waals surface area contributed by atoms with Crippen molar-refractivity contribution >= 4 is 40.7 Å². The number of halogens is 3. The van der Waals surface area contributed by atoms with Crippen molar-refractivity contribution in [3.05, 3.63) is 0 Å². The van der Waals surface area contributed by atoms with Crippen molar-refractivity contribution in [2.75, 3.05) is 7.05 Å². The molecule has 1 unspecified atom stereocenters. The average Bonchev–Trinajstić information content (AvgIpc) is 1.98. The van der Waals surface area contributed by atoms with E-state index in [1.165, 1.54) is 14.0 Å². The van der Waals surface area contributed by atoms with Crippen LogP contribution in [0, 0.1) is 11.3 Å². The van der Waals surface area contributed by atoms with E-state index in [1.54, 1.807) is 0 Å². The molecule has 0 rings (SSSR count). The minimum absolute atomic E-state index is 0.604. The lowest BCUT2D eigenvalue weighted by molar-refractivity contribution is -0.129.